The van der Waals surface area contributed by atoms with E-state index < -0.39 is 44.4 Å². The minimum absolute atomic E-state index is 0.0168. The van der Waals surface area contributed by atoms with Gasteiger partial charge in [-0.2, -0.15) is 0 Å². The van der Waals surface area contributed by atoms with Crippen molar-refractivity contribution in [2.24, 2.45) is 0 Å². The average molecular weight is 495 g/mol. The lowest BCUT2D eigenvalue weighted by Gasteiger charge is -2.26. The Hall–Kier alpha value is -2.76. The SMILES string of the molecule is CCN(C(=O)COC(=O)c1cccc(S(=O)(=O)NCc2ccccc2)c1)C1CCS(=O)(=O)C1. The van der Waals surface area contributed by atoms with Crippen LogP contribution in [-0.2, 0) is 35.9 Å². The highest BCUT2D eigenvalue weighted by Gasteiger charge is 2.34. The van der Waals surface area contributed by atoms with Gasteiger partial charge in [-0.3, -0.25) is 4.79 Å². The molecule has 2 aromatic rings. The van der Waals surface area contributed by atoms with Gasteiger partial charge in [-0.25, -0.2) is 26.4 Å². The first-order chi connectivity index (χ1) is 15.6. The molecule has 0 aromatic heterocycles. The van der Waals surface area contributed by atoms with E-state index in [4.69, 9.17) is 4.74 Å². The van der Waals surface area contributed by atoms with Crippen LogP contribution in [0.1, 0.15) is 29.3 Å². The van der Waals surface area contributed by atoms with Gasteiger partial charge in [0, 0.05) is 19.1 Å². The van der Waals surface area contributed by atoms with Crippen LogP contribution in [0.25, 0.3) is 0 Å². The number of ether oxygens (including phenoxy) is 1. The summed E-state index contributed by atoms with van der Waals surface area (Å²) in [5, 5.41) is 0. The van der Waals surface area contributed by atoms with E-state index in [0.717, 1.165) is 5.56 Å². The summed E-state index contributed by atoms with van der Waals surface area (Å²) in [6.07, 6.45) is 0.353. The van der Waals surface area contributed by atoms with Gasteiger partial charge in [0.05, 0.1) is 22.0 Å². The molecule has 2 aromatic carbocycles. The number of sulfone groups is 1. The molecule has 1 aliphatic heterocycles. The number of nitrogens with one attached hydrogen (secondary N) is 1. The molecule has 11 heteroatoms. The van der Waals surface area contributed by atoms with Crippen LogP contribution in [0.4, 0.5) is 0 Å². The van der Waals surface area contributed by atoms with Gasteiger partial charge >= 0.3 is 5.97 Å². The average Bonchev–Trinajstić information content (AvgIpc) is 3.16. The number of amides is 1. The smallest absolute Gasteiger partial charge is 0.338 e. The van der Waals surface area contributed by atoms with E-state index in [1.807, 2.05) is 6.07 Å². The van der Waals surface area contributed by atoms with Gasteiger partial charge in [0.25, 0.3) is 5.91 Å². The highest BCUT2D eigenvalue weighted by molar-refractivity contribution is 7.91. The summed E-state index contributed by atoms with van der Waals surface area (Å²) in [6, 6.07) is 13.9. The molecule has 1 fully saturated rings. The minimum Gasteiger partial charge on any atom is -0.452 e. The van der Waals surface area contributed by atoms with Crippen LogP contribution >= 0.6 is 0 Å². The van der Waals surface area contributed by atoms with Crippen LogP contribution in [0, 0.1) is 0 Å². The first-order valence-electron chi connectivity index (χ1n) is 10.4. The van der Waals surface area contributed by atoms with Crippen molar-refractivity contribution in [3.05, 3.63) is 65.7 Å². The van der Waals surface area contributed by atoms with E-state index in [1.54, 1.807) is 31.2 Å². The molecule has 1 aliphatic rings. The zero-order chi connectivity index (χ0) is 24.1. The Morgan fingerprint density at radius 3 is 2.48 bits per heavy atom. The van der Waals surface area contributed by atoms with E-state index >= 15 is 0 Å². The molecule has 1 amide bonds. The fraction of sp³-hybridized carbons (Fsp3) is 0.364. The quantitative estimate of drug-likeness (QED) is 0.522. The zero-order valence-electron chi connectivity index (χ0n) is 18.1. The number of esters is 1. The van der Waals surface area contributed by atoms with Gasteiger partial charge < -0.3 is 9.64 Å². The Morgan fingerprint density at radius 2 is 1.85 bits per heavy atom. The Bertz CT molecular complexity index is 1210. The van der Waals surface area contributed by atoms with Crippen LogP contribution in [0.3, 0.4) is 0 Å². The van der Waals surface area contributed by atoms with E-state index in [-0.39, 0.29) is 35.1 Å². The third-order valence-electron chi connectivity index (χ3n) is 5.33. The number of rotatable bonds is 9. The number of nitrogens with zero attached hydrogens (tertiary/aromatic N) is 1. The standard InChI is InChI=1S/C22H26N2O7S2/c1-2-24(19-11-12-32(27,28)16-19)21(25)15-31-22(26)18-9-6-10-20(13-18)33(29,30)23-14-17-7-4-3-5-8-17/h3-10,13,19,23H,2,11-12,14-16H2,1H3. The highest BCUT2D eigenvalue weighted by Crippen LogP contribution is 2.18. The van der Waals surface area contributed by atoms with Crippen LogP contribution in [0.5, 0.6) is 0 Å². The first kappa shape index (κ1) is 24.9. The van der Waals surface area contributed by atoms with Gasteiger partial charge in [0.2, 0.25) is 10.0 Å². The molecule has 178 valence electrons. The van der Waals surface area contributed by atoms with Gasteiger partial charge in [-0.05, 0) is 37.1 Å². The van der Waals surface area contributed by atoms with E-state index in [9.17, 15) is 26.4 Å². The van der Waals surface area contributed by atoms with E-state index in [1.165, 1.54) is 29.2 Å². The van der Waals surface area contributed by atoms with Crippen molar-refractivity contribution < 1.29 is 31.2 Å². The van der Waals surface area contributed by atoms with Crippen LogP contribution in [0.2, 0.25) is 0 Å². The number of likely N-dealkylation sites (N-methyl/N-ethyl adjacent to an activating group) is 1. The second-order valence-corrected chi connectivity index (χ2v) is 11.6. The molecule has 33 heavy (non-hydrogen) atoms. The van der Waals surface area contributed by atoms with Crippen LogP contribution in [-0.4, -0.2) is 64.3 Å². The summed E-state index contributed by atoms with van der Waals surface area (Å²) >= 11 is 0. The Morgan fingerprint density at radius 1 is 1.12 bits per heavy atom. The summed E-state index contributed by atoms with van der Waals surface area (Å²) in [7, 11) is -7.04. The topological polar surface area (TPSA) is 127 Å². The van der Waals surface area contributed by atoms with Crippen molar-refractivity contribution in [3.63, 3.8) is 0 Å². The molecule has 9 nitrogen and oxygen atoms in total. The predicted molar refractivity (Wildman–Crippen MR) is 122 cm³/mol. The molecule has 1 unspecified atom stereocenters. The third kappa shape index (κ3) is 6.62. The second-order valence-electron chi connectivity index (χ2n) is 7.65. The molecule has 1 saturated heterocycles. The minimum atomic E-state index is -3.88. The maximum Gasteiger partial charge on any atom is 0.338 e. The molecule has 1 heterocycles. The number of benzene rings is 2. The number of carbonyl (C=O) groups is 2. The molecule has 0 radical (unpaired) electrons. The van der Waals surface area contributed by atoms with E-state index in [2.05, 4.69) is 4.72 Å². The van der Waals surface area contributed by atoms with Gasteiger partial charge in [-0.1, -0.05) is 36.4 Å². The van der Waals surface area contributed by atoms with Crippen molar-refractivity contribution in [1.82, 2.24) is 9.62 Å². The summed E-state index contributed by atoms with van der Waals surface area (Å²) in [5.41, 5.74) is 0.766. The maximum absolute atomic E-state index is 12.6. The number of hydrogen-bond donors (Lipinski definition) is 1. The van der Waals surface area contributed by atoms with E-state index in [0.29, 0.717) is 6.42 Å². The fourth-order valence-electron chi connectivity index (χ4n) is 3.60. The highest BCUT2D eigenvalue weighted by atomic mass is 32.2. The molecule has 1 atom stereocenters. The summed E-state index contributed by atoms with van der Waals surface area (Å²) in [6.45, 7) is 1.54. The molecule has 0 bridgehead atoms. The molecular formula is C22H26N2O7S2. The summed E-state index contributed by atoms with van der Waals surface area (Å²) in [4.78, 5) is 26.2. The third-order valence-corrected chi connectivity index (χ3v) is 8.48. The Labute approximate surface area is 193 Å². The zero-order valence-corrected chi connectivity index (χ0v) is 19.8. The normalized spacial score (nSPS) is 17.4. The Balaban J connectivity index is 1.61. The maximum atomic E-state index is 12.6. The summed E-state index contributed by atoms with van der Waals surface area (Å²) in [5.74, 6) is -1.42. The van der Waals surface area contributed by atoms with Crippen molar-refractivity contribution in [2.45, 2.75) is 30.8 Å². The van der Waals surface area contributed by atoms with Gasteiger partial charge in [-0.15, -0.1) is 0 Å². The van der Waals surface area contributed by atoms with Crippen LogP contribution < -0.4 is 4.72 Å². The van der Waals surface area contributed by atoms with Gasteiger partial charge in [0.15, 0.2) is 16.4 Å². The Kier molecular flexibility index (Phi) is 7.88. The lowest BCUT2D eigenvalue weighted by Crippen LogP contribution is -2.43. The van der Waals surface area contributed by atoms with Crippen LogP contribution in [0.15, 0.2) is 59.5 Å². The number of carbonyl (C=O) groups excluding carboxylic acids is 2. The van der Waals surface area contributed by atoms with Crippen molar-refractivity contribution in [3.8, 4) is 0 Å². The molecule has 3 rings (SSSR count). The number of sulfonamides is 1. The largest absolute Gasteiger partial charge is 0.452 e. The lowest BCUT2D eigenvalue weighted by atomic mass is 10.2. The first-order valence-corrected chi connectivity index (χ1v) is 13.7. The van der Waals surface area contributed by atoms with Crippen molar-refractivity contribution in [1.29, 1.82) is 0 Å². The molecule has 0 saturated carbocycles. The summed E-state index contributed by atoms with van der Waals surface area (Å²) < 4.78 is 56.2. The predicted octanol–water partition coefficient (Wildman–Crippen LogP) is 1.36. The number of hydrogen-bond acceptors (Lipinski definition) is 7. The van der Waals surface area contributed by atoms with Gasteiger partial charge in [0.1, 0.15) is 0 Å². The molecular weight excluding hydrogens is 468 g/mol. The fourth-order valence-corrected chi connectivity index (χ4v) is 6.39. The molecule has 0 aliphatic carbocycles. The second kappa shape index (κ2) is 10.4. The monoisotopic (exact) mass is 494 g/mol. The molecule has 1 N–H and O–H groups in total. The van der Waals surface area contributed by atoms with Crippen molar-refractivity contribution >= 4 is 31.7 Å². The lowest BCUT2D eigenvalue weighted by molar-refractivity contribution is -0.136. The van der Waals surface area contributed by atoms with Crippen molar-refractivity contribution in [2.75, 3.05) is 24.7 Å². The molecule has 0 spiro atoms.